The summed E-state index contributed by atoms with van der Waals surface area (Å²) < 4.78 is 10.8. The molecule has 2 N–H and O–H groups in total. The van der Waals surface area contributed by atoms with Gasteiger partial charge in [-0.1, -0.05) is 0 Å². The van der Waals surface area contributed by atoms with Gasteiger partial charge in [0.15, 0.2) is 5.69 Å². The van der Waals surface area contributed by atoms with E-state index in [1.54, 1.807) is 32.2 Å². The van der Waals surface area contributed by atoms with Crippen molar-refractivity contribution in [3.8, 4) is 5.75 Å². The predicted molar refractivity (Wildman–Crippen MR) is 87.7 cm³/mol. The van der Waals surface area contributed by atoms with Crippen LogP contribution in [0.15, 0.2) is 28.0 Å². The third-order valence-corrected chi connectivity index (χ3v) is 4.32. The van der Waals surface area contributed by atoms with Crippen molar-refractivity contribution in [2.75, 3.05) is 7.11 Å². The monoisotopic (exact) mass is 346 g/mol. The average Bonchev–Trinajstić information content (AvgIpc) is 3.15. The molecule has 8 heteroatoms. The summed E-state index contributed by atoms with van der Waals surface area (Å²) in [5, 5.41) is 14.2. The zero-order chi connectivity index (χ0) is 17.3. The van der Waals surface area contributed by atoms with E-state index in [1.807, 2.05) is 0 Å². The van der Waals surface area contributed by atoms with Crippen molar-refractivity contribution in [1.82, 2.24) is 10.3 Å². The van der Waals surface area contributed by atoms with E-state index in [0.717, 1.165) is 0 Å². The molecule has 0 bridgehead atoms. The minimum Gasteiger partial charge on any atom is -0.497 e. The number of hydrogen-bond acceptors (Lipinski definition) is 6. The van der Waals surface area contributed by atoms with Crippen LogP contribution in [0, 0.1) is 6.92 Å². The van der Waals surface area contributed by atoms with E-state index in [2.05, 4.69) is 10.3 Å². The number of methoxy groups -OCH3 is 1. The highest BCUT2D eigenvalue weighted by atomic mass is 32.1. The molecule has 2 aromatic heterocycles. The molecule has 3 rings (SSSR count). The number of aromatic carboxylic acids is 1. The second-order valence-electron chi connectivity index (χ2n) is 5.01. The summed E-state index contributed by atoms with van der Waals surface area (Å²) in [6.07, 6.45) is 0. The number of amides is 1. The Hall–Kier alpha value is -2.87. The van der Waals surface area contributed by atoms with Crippen LogP contribution in [0.3, 0.4) is 0 Å². The summed E-state index contributed by atoms with van der Waals surface area (Å²) in [5.74, 6) is -0.274. The van der Waals surface area contributed by atoms with Gasteiger partial charge in [0.25, 0.3) is 5.91 Å². The van der Waals surface area contributed by atoms with Gasteiger partial charge < -0.3 is 19.6 Å². The average molecular weight is 346 g/mol. The fraction of sp³-hybridized carbons (Fsp3) is 0.188. The molecule has 3 aromatic rings. The number of fused-ring (bicyclic) bond motifs is 1. The summed E-state index contributed by atoms with van der Waals surface area (Å²) in [5.41, 5.74) is 0.999. The number of carboxylic acids is 1. The number of carboxylic acid groups (broad SMARTS) is 1. The number of thiazole rings is 1. The molecule has 1 aromatic carbocycles. The number of furan rings is 1. The van der Waals surface area contributed by atoms with Gasteiger partial charge in [-0.05, 0) is 25.1 Å². The number of nitrogens with one attached hydrogen (secondary N) is 1. The van der Waals surface area contributed by atoms with Gasteiger partial charge in [-0.2, -0.15) is 0 Å². The van der Waals surface area contributed by atoms with Gasteiger partial charge in [0.05, 0.1) is 19.2 Å². The molecular formula is C16H14N2O5S. The molecule has 1 amide bonds. The normalized spacial score (nSPS) is 10.8. The largest absolute Gasteiger partial charge is 0.497 e. The smallest absolute Gasteiger partial charge is 0.355 e. The fourth-order valence-electron chi connectivity index (χ4n) is 2.34. The topological polar surface area (TPSA) is 102 Å². The highest BCUT2D eigenvalue weighted by Gasteiger charge is 2.19. The van der Waals surface area contributed by atoms with Crippen molar-refractivity contribution in [3.63, 3.8) is 0 Å². The molecule has 7 nitrogen and oxygen atoms in total. The minimum absolute atomic E-state index is 0.0288. The van der Waals surface area contributed by atoms with E-state index in [0.29, 0.717) is 33.1 Å². The lowest BCUT2D eigenvalue weighted by Crippen LogP contribution is -2.23. The highest BCUT2D eigenvalue weighted by Crippen LogP contribution is 2.29. The lowest BCUT2D eigenvalue weighted by molar-refractivity contribution is 0.0691. The lowest BCUT2D eigenvalue weighted by atomic mass is 10.1. The zero-order valence-electron chi connectivity index (χ0n) is 13.0. The third kappa shape index (κ3) is 2.95. The van der Waals surface area contributed by atoms with Crippen LogP contribution in [0.1, 0.15) is 31.6 Å². The summed E-state index contributed by atoms with van der Waals surface area (Å²) in [4.78, 5) is 27.3. The first-order chi connectivity index (χ1) is 11.5. The first-order valence-corrected chi connectivity index (χ1v) is 7.90. The Labute approximate surface area is 140 Å². The van der Waals surface area contributed by atoms with E-state index < -0.39 is 5.97 Å². The van der Waals surface area contributed by atoms with Gasteiger partial charge in [-0.15, -0.1) is 11.3 Å². The van der Waals surface area contributed by atoms with Crippen LogP contribution in [0.25, 0.3) is 11.0 Å². The molecule has 0 fully saturated rings. The Balaban J connectivity index is 1.82. The fourth-order valence-corrected chi connectivity index (χ4v) is 3.05. The predicted octanol–water partition coefficient (Wildman–Crippen LogP) is 2.83. The summed E-state index contributed by atoms with van der Waals surface area (Å²) in [6, 6.07) is 5.25. The molecule has 0 aliphatic heterocycles. The summed E-state index contributed by atoms with van der Waals surface area (Å²) in [7, 11) is 1.55. The maximum Gasteiger partial charge on any atom is 0.355 e. The molecule has 24 heavy (non-hydrogen) atoms. The summed E-state index contributed by atoms with van der Waals surface area (Å²) in [6.45, 7) is 1.86. The summed E-state index contributed by atoms with van der Waals surface area (Å²) >= 11 is 1.18. The molecule has 0 saturated heterocycles. The molecule has 0 aliphatic rings. The van der Waals surface area contributed by atoms with Crippen molar-refractivity contribution in [2.45, 2.75) is 13.5 Å². The van der Waals surface area contributed by atoms with Gasteiger partial charge in [0, 0.05) is 10.8 Å². The molecule has 0 saturated carbocycles. The number of carbonyl (C=O) groups excluding carboxylic acids is 1. The lowest BCUT2D eigenvalue weighted by Gasteiger charge is -2.03. The van der Waals surface area contributed by atoms with Crippen molar-refractivity contribution >= 4 is 34.2 Å². The van der Waals surface area contributed by atoms with Crippen LogP contribution in [0.5, 0.6) is 5.75 Å². The first-order valence-electron chi connectivity index (χ1n) is 7.02. The van der Waals surface area contributed by atoms with Gasteiger partial charge in [-0.25, -0.2) is 9.78 Å². The van der Waals surface area contributed by atoms with Crippen molar-refractivity contribution in [2.24, 2.45) is 0 Å². The number of ether oxygens (including phenoxy) is 1. The molecular weight excluding hydrogens is 332 g/mol. The maximum atomic E-state index is 12.5. The van der Waals surface area contributed by atoms with E-state index in [4.69, 9.17) is 14.3 Å². The van der Waals surface area contributed by atoms with Crippen LogP contribution in [-0.2, 0) is 6.54 Å². The van der Waals surface area contributed by atoms with Crippen LogP contribution >= 0.6 is 11.3 Å². The molecule has 0 aliphatic carbocycles. The Bertz CT molecular complexity index is 928. The van der Waals surface area contributed by atoms with E-state index in [9.17, 15) is 9.59 Å². The molecule has 2 heterocycles. The Morgan fingerprint density at radius 3 is 2.88 bits per heavy atom. The zero-order valence-corrected chi connectivity index (χ0v) is 13.8. The number of nitrogens with zero attached hydrogens (tertiary/aromatic N) is 1. The maximum absolute atomic E-state index is 12.5. The molecule has 0 unspecified atom stereocenters. The number of rotatable bonds is 5. The Morgan fingerprint density at radius 2 is 2.21 bits per heavy atom. The second-order valence-corrected chi connectivity index (χ2v) is 5.95. The van der Waals surface area contributed by atoms with Crippen molar-refractivity contribution < 1.29 is 23.8 Å². The van der Waals surface area contributed by atoms with E-state index in [-0.39, 0.29) is 18.1 Å². The highest BCUT2D eigenvalue weighted by molar-refractivity contribution is 7.09. The molecule has 0 spiro atoms. The van der Waals surface area contributed by atoms with E-state index in [1.165, 1.54) is 16.7 Å². The van der Waals surface area contributed by atoms with Gasteiger partial charge in [0.2, 0.25) is 0 Å². The van der Waals surface area contributed by atoms with Crippen molar-refractivity contribution in [3.05, 3.63) is 45.6 Å². The number of hydrogen-bond donors (Lipinski definition) is 2. The number of aryl methyl sites for hydroxylation is 1. The van der Waals surface area contributed by atoms with Crippen LogP contribution in [0.2, 0.25) is 0 Å². The molecule has 124 valence electrons. The first kappa shape index (κ1) is 16.0. The number of carbonyl (C=O) groups is 2. The molecule has 0 radical (unpaired) electrons. The van der Waals surface area contributed by atoms with Crippen LogP contribution in [0.4, 0.5) is 0 Å². The number of aromatic nitrogens is 1. The Morgan fingerprint density at radius 1 is 1.42 bits per heavy atom. The second kappa shape index (κ2) is 6.32. The Kier molecular flexibility index (Phi) is 4.22. The van der Waals surface area contributed by atoms with E-state index >= 15 is 0 Å². The third-order valence-electron chi connectivity index (χ3n) is 3.47. The SMILES string of the molecule is COc1ccc2oc(C)c(C(=O)NCc3nc(C(=O)O)cs3)c2c1. The van der Waals surface area contributed by atoms with Crippen molar-refractivity contribution in [1.29, 1.82) is 0 Å². The van der Waals surface area contributed by atoms with Gasteiger partial charge >= 0.3 is 5.97 Å². The van der Waals surface area contributed by atoms with Crippen LogP contribution < -0.4 is 10.1 Å². The minimum atomic E-state index is -1.09. The number of benzene rings is 1. The van der Waals surface area contributed by atoms with Gasteiger partial charge in [0.1, 0.15) is 22.1 Å². The quantitative estimate of drug-likeness (QED) is 0.736. The molecule has 0 atom stereocenters. The standard InChI is InChI=1S/C16H14N2O5S/c1-8-14(10-5-9(22-2)3-4-12(10)23-8)15(19)17-6-13-18-11(7-24-13)16(20)21/h3-5,7H,6H2,1-2H3,(H,17,19)(H,20,21). The van der Waals surface area contributed by atoms with Crippen LogP contribution in [-0.4, -0.2) is 29.1 Å². The van der Waals surface area contributed by atoms with Gasteiger partial charge in [-0.3, -0.25) is 4.79 Å².